The topological polar surface area (TPSA) is 101 Å². The van der Waals surface area contributed by atoms with Crippen molar-refractivity contribution in [2.75, 3.05) is 46.3 Å². The average Bonchev–Trinajstić information content (AvgIpc) is 2.72. The lowest BCUT2D eigenvalue weighted by atomic mass is 9.94. The molecule has 8 nitrogen and oxygen atoms in total. The number of halogens is 1. The van der Waals surface area contributed by atoms with Crippen molar-refractivity contribution in [3.63, 3.8) is 0 Å². The van der Waals surface area contributed by atoms with Crippen LogP contribution in [-0.2, 0) is 9.59 Å². The van der Waals surface area contributed by atoms with Crippen LogP contribution in [0.15, 0.2) is 24.3 Å². The van der Waals surface area contributed by atoms with Crippen LogP contribution >= 0.6 is 0 Å². The predicted molar refractivity (Wildman–Crippen MR) is 111 cm³/mol. The van der Waals surface area contributed by atoms with E-state index in [2.05, 4.69) is 23.8 Å². The Morgan fingerprint density at radius 2 is 1.67 bits per heavy atom. The van der Waals surface area contributed by atoms with E-state index in [9.17, 15) is 9.18 Å². The minimum absolute atomic E-state index is 0.167. The van der Waals surface area contributed by atoms with Crippen molar-refractivity contribution in [2.24, 2.45) is 5.92 Å². The van der Waals surface area contributed by atoms with Gasteiger partial charge in [-0.25, -0.2) is 4.39 Å². The van der Waals surface area contributed by atoms with Crippen molar-refractivity contribution in [2.45, 2.75) is 25.8 Å². The molecule has 0 aliphatic carbocycles. The molecule has 1 atom stereocenters. The number of nitrogens with zero attached hydrogens (tertiary/aromatic N) is 3. The summed E-state index contributed by atoms with van der Waals surface area (Å²) in [6, 6.07) is 6.87. The van der Waals surface area contributed by atoms with Crippen molar-refractivity contribution in [1.82, 2.24) is 14.7 Å². The van der Waals surface area contributed by atoms with Gasteiger partial charge in [-0.2, -0.15) is 0 Å². The van der Waals surface area contributed by atoms with Gasteiger partial charge >= 0.3 is 0 Å². The van der Waals surface area contributed by atoms with E-state index in [4.69, 9.17) is 19.8 Å². The Balaban J connectivity index is 0.000000672. The molecule has 0 bridgehead atoms. The van der Waals surface area contributed by atoms with E-state index in [1.807, 2.05) is 4.90 Å². The number of likely N-dealkylation sites (tertiary alicyclic amines) is 1. The Labute approximate surface area is 176 Å². The van der Waals surface area contributed by atoms with Crippen LogP contribution in [-0.4, -0.2) is 96.1 Å². The number of hydrogen-bond donors (Lipinski definition) is 2. The molecular formula is C21H32FN3O5. The van der Waals surface area contributed by atoms with Gasteiger partial charge in [0.2, 0.25) is 0 Å². The monoisotopic (exact) mass is 425 g/mol. The van der Waals surface area contributed by atoms with Gasteiger partial charge in [0.05, 0.1) is 5.56 Å². The van der Waals surface area contributed by atoms with Gasteiger partial charge in [-0.05, 0) is 44.9 Å². The first-order chi connectivity index (χ1) is 14.4. The van der Waals surface area contributed by atoms with E-state index < -0.39 is 5.82 Å². The van der Waals surface area contributed by atoms with E-state index in [-0.39, 0.29) is 24.4 Å². The third kappa shape index (κ3) is 8.08. The Bertz CT molecular complexity index is 662. The van der Waals surface area contributed by atoms with Crippen LogP contribution in [0.25, 0.3) is 0 Å². The third-order valence-electron chi connectivity index (χ3n) is 5.47. The molecule has 0 radical (unpaired) electrons. The summed E-state index contributed by atoms with van der Waals surface area (Å²) in [5, 5.41) is 13.8. The molecule has 2 aliphatic rings. The summed E-state index contributed by atoms with van der Waals surface area (Å²) in [5.74, 6) is 0.0518. The highest BCUT2D eigenvalue weighted by molar-refractivity contribution is 5.94. The second kappa shape index (κ2) is 13.7. The molecule has 1 amide bonds. The predicted octanol–water partition coefficient (Wildman–Crippen LogP) is 1.72. The fourth-order valence-electron chi connectivity index (χ4n) is 3.90. The minimum atomic E-state index is -0.420. The van der Waals surface area contributed by atoms with Crippen LogP contribution < -0.4 is 0 Å². The van der Waals surface area contributed by atoms with Crippen LogP contribution in [0.4, 0.5) is 4.39 Å². The molecule has 0 spiro atoms. The number of hydrogen-bond acceptors (Lipinski definition) is 5. The lowest BCUT2D eigenvalue weighted by Crippen LogP contribution is -2.52. The molecule has 30 heavy (non-hydrogen) atoms. The fourth-order valence-corrected chi connectivity index (χ4v) is 3.90. The van der Waals surface area contributed by atoms with E-state index in [1.165, 1.54) is 6.07 Å². The summed E-state index contributed by atoms with van der Waals surface area (Å²) in [6.45, 7) is 7.79. The Morgan fingerprint density at radius 1 is 1.10 bits per heavy atom. The van der Waals surface area contributed by atoms with Crippen LogP contribution in [0.5, 0.6) is 0 Å². The second-order valence-electron chi connectivity index (χ2n) is 7.53. The molecule has 1 unspecified atom stereocenters. The van der Waals surface area contributed by atoms with E-state index in [0.29, 0.717) is 12.0 Å². The van der Waals surface area contributed by atoms with Gasteiger partial charge in [-0.15, -0.1) is 0 Å². The van der Waals surface area contributed by atoms with Crippen molar-refractivity contribution in [3.05, 3.63) is 35.6 Å². The number of likely N-dealkylation sites (N-methyl/N-ethyl adjacent to an activating group) is 1. The van der Waals surface area contributed by atoms with Crippen LogP contribution in [0.1, 0.15) is 30.1 Å². The first-order valence-corrected chi connectivity index (χ1v) is 9.99. The minimum Gasteiger partial charge on any atom is -0.483 e. The van der Waals surface area contributed by atoms with Gasteiger partial charge in [-0.3, -0.25) is 19.3 Å². The molecule has 1 aromatic carbocycles. The van der Waals surface area contributed by atoms with Crippen LogP contribution in [0.2, 0.25) is 0 Å². The second-order valence-corrected chi connectivity index (χ2v) is 7.53. The Morgan fingerprint density at radius 3 is 2.20 bits per heavy atom. The standard InChI is InChI=1S/C19H28FN3O.2CH2O2/c1-15-13-21(2)11-12-23(15)14-16-7-9-22(10-8-16)19(24)17-5-3-4-6-18(17)20;2*2-1-3/h3-6,15-16H,7-14H2,1-2H3;2*1H,(H,2,3). The number of carbonyl (C=O) groups is 3. The Kier molecular flexibility index (Phi) is 11.6. The largest absolute Gasteiger partial charge is 0.483 e. The molecule has 9 heteroatoms. The van der Waals surface area contributed by atoms with Crippen LogP contribution in [0.3, 0.4) is 0 Å². The highest BCUT2D eigenvalue weighted by atomic mass is 19.1. The number of piperazine rings is 1. The van der Waals surface area contributed by atoms with E-state index in [0.717, 1.165) is 52.1 Å². The molecule has 1 aromatic rings. The number of amides is 1. The molecule has 0 saturated carbocycles. The number of carboxylic acid groups (broad SMARTS) is 2. The lowest BCUT2D eigenvalue weighted by molar-refractivity contribution is -0.123. The van der Waals surface area contributed by atoms with Crippen molar-refractivity contribution < 1.29 is 29.0 Å². The molecular weight excluding hydrogens is 393 g/mol. The maximum absolute atomic E-state index is 13.8. The number of piperidine rings is 1. The zero-order valence-corrected chi connectivity index (χ0v) is 17.6. The summed E-state index contributed by atoms with van der Waals surface area (Å²) < 4.78 is 13.8. The zero-order chi connectivity index (χ0) is 22.5. The number of carbonyl (C=O) groups excluding carboxylic acids is 1. The SMILES string of the molecule is CC1CN(C)CCN1CC1CCN(C(=O)c2ccccc2F)CC1.O=CO.O=CO. The van der Waals surface area contributed by atoms with Gasteiger partial charge in [0.1, 0.15) is 5.82 Å². The van der Waals surface area contributed by atoms with E-state index >= 15 is 0 Å². The van der Waals surface area contributed by atoms with E-state index in [1.54, 1.807) is 18.2 Å². The quantitative estimate of drug-likeness (QED) is 0.711. The fraction of sp³-hybridized carbons (Fsp3) is 0.571. The molecule has 2 fully saturated rings. The van der Waals surface area contributed by atoms with Gasteiger partial charge in [-0.1, -0.05) is 12.1 Å². The van der Waals surface area contributed by atoms with Crippen molar-refractivity contribution in [1.29, 1.82) is 0 Å². The molecule has 2 N–H and O–H groups in total. The highest BCUT2D eigenvalue weighted by Gasteiger charge is 2.28. The summed E-state index contributed by atoms with van der Waals surface area (Å²) in [6.07, 6.45) is 2.03. The summed E-state index contributed by atoms with van der Waals surface area (Å²) in [4.78, 5) is 36.0. The molecule has 2 heterocycles. The summed E-state index contributed by atoms with van der Waals surface area (Å²) >= 11 is 0. The maximum Gasteiger partial charge on any atom is 0.290 e. The lowest BCUT2D eigenvalue weighted by Gasteiger charge is -2.41. The molecule has 168 valence electrons. The van der Waals surface area contributed by atoms with Crippen molar-refractivity contribution in [3.8, 4) is 0 Å². The molecule has 2 aliphatic heterocycles. The smallest absolute Gasteiger partial charge is 0.290 e. The van der Waals surface area contributed by atoms with Crippen molar-refractivity contribution >= 4 is 18.9 Å². The normalized spacial score (nSPS) is 20.2. The third-order valence-corrected chi connectivity index (χ3v) is 5.47. The molecule has 2 saturated heterocycles. The van der Waals surface area contributed by atoms with Gasteiger partial charge in [0.15, 0.2) is 0 Å². The number of benzene rings is 1. The highest BCUT2D eigenvalue weighted by Crippen LogP contribution is 2.22. The average molecular weight is 426 g/mol. The van der Waals surface area contributed by atoms with Gasteiger partial charge < -0.3 is 20.0 Å². The van der Waals surface area contributed by atoms with Crippen LogP contribution in [0, 0.1) is 11.7 Å². The number of rotatable bonds is 3. The Hall–Kier alpha value is -2.52. The summed E-state index contributed by atoms with van der Waals surface area (Å²) in [5.41, 5.74) is 0.198. The molecule has 3 rings (SSSR count). The van der Waals surface area contributed by atoms with Gasteiger partial charge in [0, 0.05) is 45.3 Å². The maximum atomic E-state index is 13.8. The van der Waals surface area contributed by atoms with Gasteiger partial charge in [0.25, 0.3) is 18.9 Å². The first-order valence-electron chi connectivity index (χ1n) is 9.99. The zero-order valence-electron chi connectivity index (χ0n) is 17.6. The summed E-state index contributed by atoms with van der Waals surface area (Å²) in [7, 11) is 2.18. The first kappa shape index (κ1) is 25.5. The molecule has 0 aromatic heterocycles.